The average molecular weight is 241 g/mol. The molecule has 0 bridgehead atoms. The zero-order chi connectivity index (χ0) is 12.8. The smallest absolute Gasteiger partial charge is 0.105 e. The summed E-state index contributed by atoms with van der Waals surface area (Å²) >= 11 is 0. The third-order valence-electron chi connectivity index (χ3n) is 2.72. The summed E-state index contributed by atoms with van der Waals surface area (Å²) in [6.45, 7) is 9.40. The van der Waals surface area contributed by atoms with Gasteiger partial charge in [-0.05, 0) is 33.8 Å². The number of rotatable bonds is 7. The van der Waals surface area contributed by atoms with Crippen molar-refractivity contribution in [2.75, 3.05) is 19.8 Å². The van der Waals surface area contributed by atoms with Gasteiger partial charge in [0.25, 0.3) is 0 Å². The summed E-state index contributed by atoms with van der Waals surface area (Å²) in [5, 5.41) is 12.9. The molecule has 1 aromatic rings. The average Bonchev–Trinajstić information content (AvgIpc) is 2.62. The highest BCUT2D eigenvalue weighted by molar-refractivity contribution is 5.23. The molecule has 2 unspecified atom stereocenters. The maximum atomic E-state index is 9.64. The highest BCUT2D eigenvalue weighted by Gasteiger charge is 2.13. The van der Waals surface area contributed by atoms with Gasteiger partial charge in [0.1, 0.15) is 11.5 Å². The van der Waals surface area contributed by atoms with E-state index < -0.39 is 6.10 Å². The van der Waals surface area contributed by atoms with E-state index in [1.54, 1.807) is 0 Å². The van der Waals surface area contributed by atoms with Crippen molar-refractivity contribution in [1.29, 1.82) is 0 Å². The fraction of sp³-hybridized carbons (Fsp3) is 0.692. The van der Waals surface area contributed by atoms with Gasteiger partial charge in [-0.25, -0.2) is 0 Å². The first-order valence-corrected chi connectivity index (χ1v) is 6.10. The Balaban J connectivity index is 2.39. The van der Waals surface area contributed by atoms with E-state index in [-0.39, 0.29) is 6.04 Å². The second-order valence-corrected chi connectivity index (χ2v) is 4.31. The number of aliphatic hydroxyl groups is 1. The van der Waals surface area contributed by atoms with E-state index >= 15 is 0 Å². The monoisotopic (exact) mass is 241 g/mol. The van der Waals surface area contributed by atoms with Crippen LogP contribution in [0.3, 0.4) is 0 Å². The summed E-state index contributed by atoms with van der Waals surface area (Å²) in [5.41, 5.74) is 1.14. The van der Waals surface area contributed by atoms with Gasteiger partial charge in [0.05, 0.1) is 12.7 Å². The van der Waals surface area contributed by atoms with Crippen LogP contribution in [0.25, 0.3) is 0 Å². The van der Waals surface area contributed by atoms with E-state index in [2.05, 4.69) is 12.2 Å². The molecular weight excluding hydrogens is 218 g/mol. The first-order chi connectivity index (χ1) is 8.04. The van der Waals surface area contributed by atoms with Gasteiger partial charge in [0.15, 0.2) is 0 Å². The first-order valence-electron chi connectivity index (χ1n) is 6.10. The number of hydrogen-bond acceptors (Lipinski definition) is 4. The number of aliphatic hydroxyl groups excluding tert-OH is 1. The van der Waals surface area contributed by atoms with Gasteiger partial charge in [0.2, 0.25) is 0 Å². The van der Waals surface area contributed by atoms with Crippen LogP contribution in [-0.2, 0) is 4.74 Å². The Bertz CT molecular complexity index is 335. The van der Waals surface area contributed by atoms with Crippen LogP contribution >= 0.6 is 0 Å². The second kappa shape index (κ2) is 6.79. The molecule has 4 heteroatoms. The van der Waals surface area contributed by atoms with Crippen LogP contribution in [-0.4, -0.2) is 31.0 Å². The summed E-state index contributed by atoms with van der Waals surface area (Å²) in [6.07, 6.45) is -0.467. The van der Waals surface area contributed by atoms with Gasteiger partial charge < -0.3 is 19.6 Å². The minimum Gasteiger partial charge on any atom is -0.466 e. The van der Waals surface area contributed by atoms with E-state index in [0.717, 1.165) is 17.1 Å². The van der Waals surface area contributed by atoms with Crippen molar-refractivity contribution in [3.8, 4) is 0 Å². The zero-order valence-corrected chi connectivity index (χ0v) is 11.1. The number of nitrogens with one attached hydrogen (secondary N) is 1. The molecule has 0 radical (unpaired) electrons. The second-order valence-electron chi connectivity index (χ2n) is 4.31. The third-order valence-corrected chi connectivity index (χ3v) is 2.72. The molecule has 2 N–H and O–H groups in total. The van der Waals surface area contributed by atoms with Crippen LogP contribution in [0.15, 0.2) is 10.5 Å². The van der Waals surface area contributed by atoms with Gasteiger partial charge in [-0.3, -0.25) is 0 Å². The van der Waals surface area contributed by atoms with Crippen LogP contribution in [0.5, 0.6) is 0 Å². The van der Waals surface area contributed by atoms with Crippen molar-refractivity contribution in [3.63, 3.8) is 0 Å². The SMILES string of the molecule is CCOCC(O)CNC(C)c1cc(C)oc1C. The van der Waals surface area contributed by atoms with Crippen LogP contribution < -0.4 is 5.32 Å². The molecule has 4 nitrogen and oxygen atoms in total. The maximum Gasteiger partial charge on any atom is 0.105 e. The first kappa shape index (κ1) is 14.2. The molecule has 0 aliphatic rings. The number of aryl methyl sites for hydroxylation is 2. The standard InChI is InChI=1S/C13H23NO3/c1-5-16-8-12(15)7-14-10(3)13-6-9(2)17-11(13)4/h6,10,12,14-15H,5,7-8H2,1-4H3. The lowest BCUT2D eigenvalue weighted by molar-refractivity contribution is 0.0416. The fourth-order valence-electron chi connectivity index (χ4n) is 1.82. The van der Waals surface area contributed by atoms with Crippen molar-refractivity contribution < 1.29 is 14.3 Å². The third kappa shape index (κ3) is 4.50. The van der Waals surface area contributed by atoms with Crippen molar-refractivity contribution in [2.45, 2.75) is 39.8 Å². The zero-order valence-electron chi connectivity index (χ0n) is 11.1. The van der Waals surface area contributed by atoms with Gasteiger partial charge in [-0.2, -0.15) is 0 Å². The summed E-state index contributed by atoms with van der Waals surface area (Å²) in [5.74, 6) is 1.85. The minimum atomic E-state index is -0.467. The lowest BCUT2D eigenvalue weighted by Gasteiger charge is -2.16. The van der Waals surface area contributed by atoms with Gasteiger partial charge in [0, 0.05) is 24.8 Å². The Kier molecular flexibility index (Phi) is 5.68. The Labute approximate surface area is 103 Å². The number of furan rings is 1. The molecule has 0 fully saturated rings. The van der Waals surface area contributed by atoms with Crippen molar-refractivity contribution in [1.82, 2.24) is 5.32 Å². The molecule has 0 saturated carbocycles. The molecule has 0 aromatic carbocycles. The predicted molar refractivity (Wildman–Crippen MR) is 67.1 cm³/mol. The van der Waals surface area contributed by atoms with Crippen molar-refractivity contribution in [3.05, 3.63) is 23.2 Å². The summed E-state index contributed by atoms with van der Waals surface area (Å²) in [7, 11) is 0. The molecule has 2 atom stereocenters. The van der Waals surface area contributed by atoms with Crippen LogP contribution in [0.2, 0.25) is 0 Å². The lowest BCUT2D eigenvalue weighted by atomic mass is 10.1. The highest BCUT2D eigenvalue weighted by atomic mass is 16.5. The summed E-state index contributed by atoms with van der Waals surface area (Å²) < 4.78 is 10.6. The fourth-order valence-corrected chi connectivity index (χ4v) is 1.82. The molecule has 1 aromatic heterocycles. The number of ether oxygens (including phenoxy) is 1. The molecule has 98 valence electrons. The van der Waals surface area contributed by atoms with Gasteiger partial charge in [-0.15, -0.1) is 0 Å². The van der Waals surface area contributed by atoms with E-state index in [0.29, 0.717) is 19.8 Å². The van der Waals surface area contributed by atoms with Crippen LogP contribution in [0.1, 0.15) is 37.0 Å². The maximum absolute atomic E-state index is 9.64. The summed E-state index contributed by atoms with van der Waals surface area (Å²) in [6, 6.07) is 2.20. The molecule has 0 aliphatic carbocycles. The largest absolute Gasteiger partial charge is 0.466 e. The highest BCUT2D eigenvalue weighted by Crippen LogP contribution is 2.20. The normalized spacial score (nSPS) is 14.9. The van der Waals surface area contributed by atoms with E-state index in [4.69, 9.17) is 9.15 Å². The Morgan fingerprint density at radius 3 is 2.71 bits per heavy atom. The molecule has 0 aliphatic heterocycles. The van der Waals surface area contributed by atoms with Crippen molar-refractivity contribution in [2.24, 2.45) is 0 Å². The van der Waals surface area contributed by atoms with Crippen LogP contribution in [0, 0.1) is 13.8 Å². The molecule has 0 spiro atoms. The number of hydrogen-bond donors (Lipinski definition) is 2. The van der Waals surface area contributed by atoms with E-state index in [1.165, 1.54) is 0 Å². The molecule has 0 saturated heterocycles. The Hall–Kier alpha value is -0.840. The lowest BCUT2D eigenvalue weighted by Crippen LogP contribution is -2.32. The van der Waals surface area contributed by atoms with Gasteiger partial charge >= 0.3 is 0 Å². The molecule has 17 heavy (non-hydrogen) atoms. The van der Waals surface area contributed by atoms with E-state index in [1.807, 2.05) is 26.8 Å². The van der Waals surface area contributed by atoms with E-state index in [9.17, 15) is 5.11 Å². The molecular formula is C13H23NO3. The minimum absolute atomic E-state index is 0.170. The topological polar surface area (TPSA) is 54.6 Å². The Morgan fingerprint density at radius 1 is 1.47 bits per heavy atom. The quantitative estimate of drug-likeness (QED) is 0.766. The van der Waals surface area contributed by atoms with Crippen molar-refractivity contribution >= 4 is 0 Å². The molecule has 1 rings (SSSR count). The van der Waals surface area contributed by atoms with Gasteiger partial charge in [-0.1, -0.05) is 0 Å². The van der Waals surface area contributed by atoms with Crippen LogP contribution in [0.4, 0.5) is 0 Å². The summed E-state index contributed by atoms with van der Waals surface area (Å²) in [4.78, 5) is 0. The molecule has 0 amide bonds. The Morgan fingerprint density at radius 2 is 2.18 bits per heavy atom. The predicted octanol–water partition coefficient (Wildman–Crippen LogP) is 1.94. The molecule has 1 heterocycles.